The number of benzene rings is 7. The Kier molecular flexibility index (Phi) is 7.78. The molecule has 0 bridgehead atoms. The molecule has 1 aliphatic carbocycles. The van der Waals surface area contributed by atoms with Crippen LogP contribution in [0.2, 0.25) is 0 Å². The molecule has 2 atom stereocenters. The highest BCUT2D eigenvalue weighted by molar-refractivity contribution is 6.14. The molecule has 0 saturated carbocycles. The number of nitrogens with zero attached hydrogens (tertiary/aromatic N) is 2. The average Bonchev–Trinajstić information content (AvgIpc) is 3.82. The fourth-order valence-electron chi connectivity index (χ4n) is 8.55. The molecule has 11 rings (SSSR count). The Balaban J connectivity index is 1.04. The van der Waals surface area contributed by atoms with Gasteiger partial charge in [-0.2, -0.15) is 0 Å². The van der Waals surface area contributed by atoms with Gasteiger partial charge in [0.05, 0.1) is 11.0 Å². The summed E-state index contributed by atoms with van der Waals surface area (Å²) in [6.45, 7) is 0. The first-order chi connectivity index (χ1) is 27.7. The molecular formula is C51H38N4O. The highest BCUT2D eigenvalue weighted by atomic mass is 16.3. The number of nitrogens with one attached hydrogen (secondary N) is 2. The van der Waals surface area contributed by atoms with E-state index in [-0.39, 0.29) is 12.3 Å². The van der Waals surface area contributed by atoms with Gasteiger partial charge < -0.3 is 14.3 Å². The van der Waals surface area contributed by atoms with Crippen molar-refractivity contribution in [2.45, 2.75) is 25.2 Å². The summed E-state index contributed by atoms with van der Waals surface area (Å²) >= 11 is 0. The molecule has 0 radical (unpaired) electrons. The number of aromatic nitrogens is 1. The van der Waals surface area contributed by atoms with Gasteiger partial charge in [-0.15, -0.1) is 0 Å². The molecule has 3 heterocycles. The zero-order valence-electron chi connectivity index (χ0n) is 30.7. The topological polar surface area (TPSA) is 54.5 Å². The van der Waals surface area contributed by atoms with Crippen molar-refractivity contribution in [3.05, 3.63) is 199 Å². The van der Waals surface area contributed by atoms with Crippen molar-refractivity contribution in [3.63, 3.8) is 0 Å². The van der Waals surface area contributed by atoms with Gasteiger partial charge in [0, 0.05) is 38.4 Å². The summed E-state index contributed by atoms with van der Waals surface area (Å²) < 4.78 is 8.88. The molecule has 0 amide bonds. The summed E-state index contributed by atoms with van der Waals surface area (Å²) in [6, 6.07) is 58.5. The molecule has 5 heteroatoms. The molecule has 0 fully saturated rings. The minimum Gasteiger partial charge on any atom is -0.455 e. The van der Waals surface area contributed by atoms with Gasteiger partial charge in [-0.25, -0.2) is 4.99 Å². The fraction of sp³-hybridized carbons (Fsp3) is 0.0784. The third kappa shape index (κ3) is 5.55. The van der Waals surface area contributed by atoms with Crippen LogP contribution in [0.4, 0.5) is 0 Å². The van der Waals surface area contributed by atoms with Crippen LogP contribution in [0.25, 0.3) is 71.7 Å². The van der Waals surface area contributed by atoms with E-state index in [0.717, 1.165) is 74.0 Å². The van der Waals surface area contributed by atoms with Crippen molar-refractivity contribution >= 4 is 49.6 Å². The molecule has 0 saturated heterocycles. The first kappa shape index (κ1) is 32.5. The molecule has 7 aromatic carbocycles. The first-order valence-corrected chi connectivity index (χ1v) is 19.4. The standard InChI is InChI=1S/C51H38N4O/c1-4-13-33(14-5-1)37-25-29-45-43(31-37)44-32-38(40-20-12-21-42-41-19-10-11-22-47(41)56-48(40)42)26-30-46(44)55(45)39-27-23-36(24-28-39)51-53-49(34-15-6-2-7-16-34)52-50(54-51)35-17-8-3-9-18-35/h1-2,4-8,10-32,49-50,52H,3,9H2,(H,53,54). The largest absolute Gasteiger partial charge is 0.455 e. The Morgan fingerprint density at radius 1 is 0.571 bits per heavy atom. The van der Waals surface area contributed by atoms with Crippen LogP contribution < -0.4 is 10.6 Å². The van der Waals surface area contributed by atoms with Crippen LogP contribution in [0.3, 0.4) is 0 Å². The highest BCUT2D eigenvalue weighted by Crippen LogP contribution is 2.40. The average molecular weight is 723 g/mol. The lowest BCUT2D eigenvalue weighted by atomic mass is 9.99. The number of para-hydroxylation sites is 2. The van der Waals surface area contributed by atoms with Gasteiger partial charge in [0.15, 0.2) is 0 Å². The molecule has 1 aliphatic heterocycles. The Morgan fingerprint density at radius 2 is 1.27 bits per heavy atom. The number of allylic oxidation sites excluding steroid dienone is 2. The van der Waals surface area contributed by atoms with Gasteiger partial charge in [0.25, 0.3) is 0 Å². The summed E-state index contributed by atoms with van der Waals surface area (Å²) in [5.41, 5.74) is 13.3. The summed E-state index contributed by atoms with van der Waals surface area (Å²) in [4.78, 5) is 5.22. The minimum atomic E-state index is -0.136. The van der Waals surface area contributed by atoms with E-state index in [1.54, 1.807) is 0 Å². The SMILES string of the molecule is C1=CC(C2N=C(c3ccc(-n4c5ccc(-c6ccccc6)cc5c5cc(-c6cccc7c6oc6ccccc67)ccc54)cc3)NC(c3ccccc3)N2)=CCC1. The number of hydrogen-bond acceptors (Lipinski definition) is 4. The molecule has 2 unspecified atom stereocenters. The van der Waals surface area contributed by atoms with Crippen molar-refractivity contribution < 1.29 is 4.42 Å². The monoisotopic (exact) mass is 722 g/mol. The summed E-state index contributed by atoms with van der Waals surface area (Å²) in [7, 11) is 0. The minimum absolute atomic E-state index is 0.0691. The maximum atomic E-state index is 6.49. The second-order valence-corrected chi connectivity index (χ2v) is 14.7. The fourth-order valence-corrected chi connectivity index (χ4v) is 8.55. The zero-order chi connectivity index (χ0) is 37.0. The number of rotatable bonds is 6. The summed E-state index contributed by atoms with van der Waals surface area (Å²) in [5, 5.41) is 12.1. The van der Waals surface area contributed by atoms with Crippen LogP contribution in [0.5, 0.6) is 0 Å². The van der Waals surface area contributed by atoms with Crippen LogP contribution in [0.1, 0.15) is 30.1 Å². The van der Waals surface area contributed by atoms with E-state index in [9.17, 15) is 0 Å². The van der Waals surface area contributed by atoms with Crippen molar-refractivity contribution in [3.8, 4) is 27.9 Å². The molecule has 0 spiro atoms. The van der Waals surface area contributed by atoms with Gasteiger partial charge in [-0.3, -0.25) is 5.32 Å². The third-order valence-corrected chi connectivity index (χ3v) is 11.3. The second-order valence-electron chi connectivity index (χ2n) is 14.7. The Bertz CT molecular complexity index is 3020. The number of furan rings is 1. The van der Waals surface area contributed by atoms with E-state index < -0.39 is 0 Å². The number of fused-ring (bicyclic) bond motifs is 6. The third-order valence-electron chi connectivity index (χ3n) is 11.3. The van der Waals surface area contributed by atoms with Crippen molar-refractivity contribution in [1.29, 1.82) is 0 Å². The van der Waals surface area contributed by atoms with E-state index in [4.69, 9.17) is 9.41 Å². The molecule has 9 aromatic rings. The van der Waals surface area contributed by atoms with Gasteiger partial charge in [0.2, 0.25) is 0 Å². The van der Waals surface area contributed by atoms with Crippen LogP contribution in [-0.4, -0.2) is 16.6 Å². The molecule has 56 heavy (non-hydrogen) atoms. The predicted octanol–water partition coefficient (Wildman–Crippen LogP) is 12.3. The van der Waals surface area contributed by atoms with E-state index in [0.29, 0.717) is 0 Å². The zero-order valence-corrected chi connectivity index (χ0v) is 30.7. The Morgan fingerprint density at radius 3 is 2.05 bits per heavy atom. The maximum absolute atomic E-state index is 6.49. The van der Waals surface area contributed by atoms with Crippen LogP contribution in [0.15, 0.2) is 197 Å². The summed E-state index contributed by atoms with van der Waals surface area (Å²) in [6.07, 6.45) is 8.68. The normalized spacial score (nSPS) is 17.0. The quantitative estimate of drug-likeness (QED) is 0.180. The van der Waals surface area contributed by atoms with Crippen molar-refractivity contribution in [2.24, 2.45) is 4.99 Å². The van der Waals surface area contributed by atoms with Crippen molar-refractivity contribution in [2.75, 3.05) is 0 Å². The van der Waals surface area contributed by atoms with Gasteiger partial charge in [-0.1, -0.05) is 127 Å². The smallest absolute Gasteiger partial charge is 0.143 e. The molecular weight excluding hydrogens is 685 g/mol. The number of aliphatic imine (C=N–C) groups is 1. The number of hydrogen-bond donors (Lipinski definition) is 2. The van der Waals surface area contributed by atoms with E-state index in [1.807, 2.05) is 12.1 Å². The Labute approximate surface area is 324 Å². The lowest BCUT2D eigenvalue weighted by molar-refractivity contribution is 0.434. The lowest BCUT2D eigenvalue weighted by Crippen LogP contribution is -2.49. The lowest BCUT2D eigenvalue weighted by Gasteiger charge is -2.33. The van der Waals surface area contributed by atoms with E-state index in [2.05, 4.69) is 185 Å². The van der Waals surface area contributed by atoms with Crippen LogP contribution in [0, 0.1) is 0 Å². The highest BCUT2D eigenvalue weighted by Gasteiger charge is 2.26. The predicted molar refractivity (Wildman–Crippen MR) is 231 cm³/mol. The van der Waals surface area contributed by atoms with E-state index >= 15 is 0 Å². The summed E-state index contributed by atoms with van der Waals surface area (Å²) in [5.74, 6) is 0.883. The van der Waals surface area contributed by atoms with E-state index in [1.165, 1.54) is 33.0 Å². The molecule has 2 aromatic heterocycles. The van der Waals surface area contributed by atoms with Gasteiger partial charge in [0.1, 0.15) is 29.3 Å². The number of amidine groups is 1. The second kappa shape index (κ2) is 13.4. The first-order valence-electron chi connectivity index (χ1n) is 19.4. The van der Waals surface area contributed by atoms with Crippen LogP contribution in [-0.2, 0) is 0 Å². The molecule has 2 N–H and O–H groups in total. The Hall–Kier alpha value is -6.95. The molecule has 5 nitrogen and oxygen atoms in total. The van der Waals surface area contributed by atoms with Crippen molar-refractivity contribution in [1.82, 2.24) is 15.2 Å². The molecule has 268 valence electrons. The molecule has 2 aliphatic rings. The van der Waals surface area contributed by atoms with Gasteiger partial charge in [-0.05, 0) is 95.3 Å². The maximum Gasteiger partial charge on any atom is 0.143 e. The van der Waals surface area contributed by atoms with Gasteiger partial charge >= 0.3 is 0 Å². The van der Waals surface area contributed by atoms with Crippen LogP contribution >= 0.6 is 0 Å².